The first-order chi connectivity index (χ1) is 16.1. The Labute approximate surface area is 199 Å². The van der Waals surface area contributed by atoms with Gasteiger partial charge >= 0.3 is 11.9 Å². The molecule has 0 radical (unpaired) electrons. The van der Waals surface area contributed by atoms with E-state index in [1.165, 1.54) is 33.2 Å². The maximum atomic E-state index is 12.9. The zero-order valence-electron chi connectivity index (χ0n) is 20.4. The Morgan fingerprint density at radius 2 is 1.71 bits per heavy atom. The fourth-order valence-corrected chi connectivity index (χ4v) is 3.62. The molecule has 2 rings (SSSR count). The molecule has 0 aliphatic carbocycles. The Balaban J connectivity index is 2.10. The quantitative estimate of drug-likeness (QED) is 0.391. The zero-order chi connectivity index (χ0) is 25.3. The molecule has 0 aliphatic rings. The lowest BCUT2D eigenvalue weighted by atomic mass is 9.84. The summed E-state index contributed by atoms with van der Waals surface area (Å²) >= 11 is 0. The minimum absolute atomic E-state index is 0.00520. The highest BCUT2D eigenvalue weighted by Crippen LogP contribution is 2.31. The number of amides is 1. The zero-order valence-corrected chi connectivity index (χ0v) is 20.4. The molecule has 0 saturated heterocycles. The second-order valence-electron chi connectivity index (χ2n) is 8.11. The van der Waals surface area contributed by atoms with Crippen LogP contribution in [0.4, 0.5) is 0 Å². The molecule has 0 aliphatic heterocycles. The van der Waals surface area contributed by atoms with Gasteiger partial charge in [0.25, 0.3) is 5.91 Å². The topological polar surface area (TPSA) is 113 Å². The number of pyridine rings is 1. The third kappa shape index (κ3) is 7.19. The maximum Gasteiger partial charge on any atom is 0.328 e. The van der Waals surface area contributed by atoms with Gasteiger partial charge < -0.3 is 24.3 Å². The van der Waals surface area contributed by atoms with Gasteiger partial charge in [-0.25, -0.2) is 9.78 Å². The molecule has 3 atom stereocenters. The van der Waals surface area contributed by atoms with Crippen LogP contribution in [0.5, 0.6) is 11.5 Å². The molecule has 1 N–H and O–H groups in total. The van der Waals surface area contributed by atoms with Crippen LogP contribution in [-0.4, -0.2) is 48.9 Å². The average molecular weight is 473 g/mol. The predicted molar refractivity (Wildman–Crippen MR) is 125 cm³/mol. The van der Waals surface area contributed by atoms with Crippen LogP contribution in [0.3, 0.4) is 0 Å². The van der Waals surface area contributed by atoms with Crippen molar-refractivity contribution in [1.82, 2.24) is 10.3 Å². The fraction of sp³-hybridized carbons (Fsp3) is 0.440. The number of hydrogen-bond acceptors (Lipinski definition) is 8. The third-order valence-corrected chi connectivity index (χ3v) is 5.18. The van der Waals surface area contributed by atoms with E-state index < -0.39 is 36.8 Å². The summed E-state index contributed by atoms with van der Waals surface area (Å²) in [6, 6.07) is 10.4. The highest BCUT2D eigenvalue weighted by Gasteiger charge is 2.29. The number of aromatic nitrogens is 1. The first-order valence-corrected chi connectivity index (χ1v) is 11.0. The molecule has 1 amide bonds. The minimum Gasteiger partial charge on any atom is -0.493 e. The molecule has 1 aromatic carbocycles. The van der Waals surface area contributed by atoms with Gasteiger partial charge in [-0.15, -0.1) is 0 Å². The Bertz CT molecular complexity index is 978. The molecular weight excluding hydrogens is 440 g/mol. The van der Waals surface area contributed by atoms with Crippen LogP contribution in [0.1, 0.15) is 56.6 Å². The minimum atomic E-state index is -0.951. The van der Waals surface area contributed by atoms with Gasteiger partial charge in [-0.3, -0.25) is 9.59 Å². The van der Waals surface area contributed by atoms with E-state index >= 15 is 0 Å². The number of nitrogens with zero attached hydrogens (tertiary/aromatic N) is 1. The van der Waals surface area contributed by atoms with Crippen molar-refractivity contribution in [2.45, 2.75) is 52.7 Å². The van der Waals surface area contributed by atoms with Gasteiger partial charge in [-0.2, -0.15) is 0 Å². The molecule has 0 unspecified atom stereocenters. The van der Waals surface area contributed by atoms with Crippen LogP contribution < -0.4 is 14.8 Å². The van der Waals surface area contributed by atoms with Crippen LogP contribution in [0.15, 0.2) is 42.6 Å². The van der Waals surface area contributed by atoms with Crippen LogP contribution in [0.2, 0.25) is 0 Å². The number of ether oxygens (including phenoxy) is 4. The van der Waals surface area contributed by atoms with E-state index in [-0.39, 0.29) is 29.0 Å². The Morgan fingerprint density at radius 3 is 2.29 bits per heavy atom. The van der Waals surface area contributed by atoms with Gasteiger partial charge in [0.15, 0.2) is 17.2 Å². The normalized spacial score (nSPS) is 13.4. The molecule has 34 heavy (non-hydrogen) atoms. The Kier molecular flexibility index (Phi) is 9.85. The third-order valence-electron chi connectivity index (χ3n) is 5.18. The number of nitrogens with one attached hydrogen (secondary N) is 1. The summed E-state index contributed by atoms with van der Waals surface area (Å²) in [5.74, 6) is -1.36. The lowest BCUT2D eigenvalue weighted by Crippen LogP contribution is -2.42. The summed E-state index contributed by atoms with van der Waals surface area (Å²) in [6.45, 7) is 8.31. The monoisotopic (exact) mass is 472 g/mol. The maximum absolute atomic E-state index is 12.9. The molecule has 1 aromatic heterocycles. The van der Waals surface area contributed by atoms with Crippen molar-refractivity contribution in [2.75, 3.05) is 13.9 Å². The number of esters is 2. The van der Waals surface area contributed by atoms with Crippen molar-refractivity contribution in [3.8, 4) is 11.5 Å². The molecule has 2 aromatic rings. The summed E-state index contributed by atoms with van der Waals surface area (Å²) in [4.78, 5) is 40.7. The summed E-state index contributed by atoms with van der Waals surface area (Å²) < 4.78 is 21.1. The summed E-state index contributed by atoms with van der Waals surface area (Å²) in [7, 11) is 1.40. The van der Waals surface area contributed by atoms with Crippen molar-refractivity contribution in [1.29, 1.82) is 0 Å². The number of carbonyl (C=O) groups excluding carboxylic acids is 3. The van der Waals surface area contributed by atoms with Crippen molar-refractivity contribution < 1.29 is 33.3 Å². The average Bonchev–Trinajstić information content (AvgIpc) is 2.79. The van der Waals surface area contributed by atoms with Crippen LogP contribution in [-0.2, 0) is 19.1 Å². The summed E-state index contributed by atoms with van der Waals surface area (Å²) in [5.41, 5.74) is 0.952. The van der Waals surface area contributed by atoms with Crippen molar-refractivity contribution in [3.63, 3.8) is 0 Å². The standard InChI is InChI=1S/C25H32N2O7/c1-15(2)21(19-10-8-7-9-11-19)17(4)34-25(30)16(3)27-24(29)22-23(33-14-32-18(5)28)20(31-6)12-13-26-22/h7-13,15-17,21H,14H2,1-6H3,(H,27,29)/t16-,17-,21-/m0/s1. The molecule has 9 nitrogen and oxygen atoms in total. The SMILES string of the molecule is COc1ccnc(C(=O)N[C@@H](C)C(=O)O[C@@H](C)[C@@H](c2ccccc2)C(C)C)c1OCOC(C)=O. The van der Waals surface area contributed by atoms with E-state index in [1.54, 1.807) is 0 Å². The van der Waals surface area contributed by atoms with Crippen LogP contribution in [0, 0.1) is 5.92 Å². The highest BCUT2D eigenvalue weighted by atomic mass is 16.7. The molecular formula is C25H32N2O7. The van der Waals surface area contributed by atoms with Crippen LogP contribution >= 0.6 is 0 Å². The van der Waals surface area contributed by atoms with Gasteiger partial charge in [-0.05, 0) is 25.3 Å². The van der Waals surface area contributed by atoms with E-state index in [9.17, 15) is 14.4 Å². The van der Waals surface area contributed by atoms with Crippen LogP contribution in [0.25, 0.3) is 0 Å². The molecule has 0 fully saturated rings. The van der Waals surface area contributed by atoms with E-state index in [0.29, 0.717) is 0 Å². The molecule has 0 bridgehead atoms. The summed E-state index contributed by atoms with van der Waals surface area (Å²) in [6.07, 6.45) is 0.955. The predicted octanol–water partition coefficient (Wildman–Crippen LogP) is 3.48. The van der Waals surface area contributed by atoms with E-state index in [0.717, 1.165) is 5.56 Å². The molecule has 0 saturated carbocycles. The number of methoxy groups -OCH3 is 1. The van der Waals surface area contributed by atoms with Crippen molar-refractivity contribution in [3.05, 3.63) is 53.9 Å². The second kappa shape index (κ2) is 12.6. The first-order valence-electron chi connectivity index (χ1n) is 11.0. The fourth-order valence-electron chi connectivity index (χ4n) is 3.62. The van der Waals surface area contributed by atoms with E-state index in [2.05, 4.69) is 24.1 Å². The highest BCUT2D eigenvalue weighted by molar-refractivity contribution is 5.98. The van der Waals surface area contributed by atoms with E-state index in [1.807, 2.05) is 37.3 Å². The number of rotatable bonds is 11. The lowest BCUT2D eigenvalue weighted by Gasteiger charge is -2.28. The van der Waals surface area contributed by atoms with Gasteiger partial charge in [-0.1, -0.05) is 44.2 Å². The van der Waals surface area contributed by atoms with Gasteiger partial charge in [0, 0.05) is 25.1 Å². The van der Waals surface area contributed by atoms with Gasteiger partial charge in [0.2, 0.25) is 6.79 Å². The van der Waals surface area contributed by atoms with Crippen molar-refractivity contribution in [2.24, 2.45) is 5.92 Å². The molecule has 184 valence electrons. The van der Waals surface area contributed by atoms with E-state index in [4.69, 9.17) is 18.9 Å². The number of hydrogen-bond donors (Lipinski definition) is 1. The van der Waals surface area contributed by atoms with Crippen molar-refractivity contribution >= 4 is 17.8 Å². The molecule has 9 heteroatoms. The molecule has 0 spiro atoms. The Hall–Kier alpha value is -3.62. The Morgan fingerprint density at radius 1 is 1.03 bits per heavy atom. The number of benzene rings is 1. The summed E-state index contributed by atoms with van der Waals surface area (Å²) in [5, 5.41) is 2.58. The second-order valence-corrected chi connectivity index (χ2v) is 8.11. The smallest absolute Gasteiger partial charge is 0.328 e. The van der Waals surface area contributed by atoms with Gasteiger partial charge in [0.1, 0.15) is 12.1 Å². The first kappa shape index (κ1) is 26.6. The van der Waals surface area contributed by atoms with Gasteiger partial charge in [0.05, 0.1) is 7.11 Å². The number of carbonyl (C=O) groups is 3. The largest absolute Gasteiger partial charge is 0.493 e. The molecule has 1 heterocycles. The lowest BCUT2D eigenvalue weighted by molar-refractivity contribution is -0.152.